The zero-order chi connectivity index (χ0) is 30.1. The first-order valence-electron chi connectivity index (χ1n) is 13.4. The first-order chi connectivity index (χ1) is 20.2. The van der Waals surface area contributed by atoms with E-state index in [1.54, 1.807) is 73.8 Å². The van der Waals surface area contributed by atoms with E-state index >= 15 is 0 Å². The monoisotopic (exact) mass is 579 g/mol. The van der Waals surface area contributed by atoms with Gasteiger partial charge in [0.2, 0.25) is 5.91 Å². The molecular formula is C34H33N3O4S. The molecule has 0 aliphatic heterocycles. The van der Waals surface area contributed by atoms with Gasteiger partial charge in [0.1, 0.15) is 11.4 Å². The average Bonchev–Trinajstić information content (AvgIpc) is 3.00. The van der Waals surface area contributed by atoms with Gasteiger partial charge in [0, 0.05) is 21.8 Å². The molecule has 4 aromatic rings. The summed E-state index contributed by atoms with van der Waals surface area (Å²) in [6.07, 6.45) is 1.61. The van der Waals surface area contributed by atoms with E-state index in [1.807, 2.05) is 57.2 Å². The molecule has 3 amide bonds. The number of ether oxygens (including phenoxy) is 1. The Morgan fingerprint density at radius 3 is 2.26 bits per heavy atom. The van der Waals surface area contributed by atoms with Crippen molar-refractivity contribution in [3.05, 3.63) is 125 Å². The van der Waals surface area contributed by atoms with Crippen molar-refractivity contribution in [3.8, 4) is 5.75 Å². The predicted molar refractivity (Wildman–Crippen MR) is 170 cm³/mol. The Kier molecular flexibility index (Phi) is 10.2. The second kappa shape index (κ2) is 14.2. The van der Waals surface area contributed by atoms with Crippen molar-refractivity contribution in [1.29, 1.82) is 0 Å². The molecule has 0 heterocycles. The van der Waals surface area contributed by atoms with E-state index in [1.165, 1.54) is 11.8 Å². The van der Waals surface area contributed by atoms with Gasteiger partial charge in [-0.2, -0.15) is 0 Å². The standard InChI is InChI=1S/C34H33N3O4S/c1-22-10-8-15-30(23(22)2)36-32(38)24(3)42-29-14-9-13-27(21-29)35-34(40)31(20-25-16-18-28(41-4)19-17-25)37-33(39)26-11-6-5-7-12-26/h5-21,24H,1-4H3,(H,35,40)(H,36,38)(H,37,39)/b31-20+. The summed E-state index contributed by atoms with van der Waals surface area (Å²) in [5, 5.41) is 8.25. The smallest absolute Gasteiger partial charge is 0.272 e. The van der Waals surface area contributed by atoms with Crippen molar-refractivity contribution >= 4 is 46.9 Å². The number of methoxy groups -OCH3 is 1. The van der Waals surface area contributed by atoms with E-state index in [4.69, 9.17) is 4.74 Å². The summed E-state index contributed by atoms with van der Waals surface area (Å²) in [4.78, 5) is 40.1. The van der Waals surface area contributed by atoms with Crippen LogP contribution >= 0.6 is 11.8 Å². The lowest BCUT2D eigenvalue weighted by atomic mass is 10.1. The quantitative estimate of drug-likeness (QED) is 0.141. The summed E-state index contributed by atoms with van der Waals surface area (Å²) in [5.74, 6) is -0.328. The number of aryl methyl sites for hydroxylation is 1. The second-order valence-corrected chi connectivity index (χ2v) is 11.0. The first kappa shape index (κ1) is 30.1. The molecule has 0 aromatic heterocycles. The maximum atomic E-state index is 13.4. The largest absolute Gasteiger partial charge is 0.497 e. The lowest BCUT2D eigenvalue weighted by Crippen LogP contribution is -2.30. The number of thioether (sulfide) groups is 1. The minimum absolute atomic E-state index is 0.0772. The summed E-state index contributed by atoms with van der Waals surface area (Å²) in [6, 6.07) is 28.9. The molecule has 0 aliphatic carbocycles. The van der Waals surface area contributed by atoms with Gasteiger partial charge in [-0.25, -0.2) is 0 Å². The molecule has 0 saturated heterocycles. The normalized spacial score (nSPS) is 11.8. The Labute approximate surface area is 250 Å². The van der Waals surface area contributed by atoms with E-state index in [9.17, 15) is 14.4 Å². The van der Waals surface area contributed by atoms with E-state index in [0.29, 0.717) is 22.6 Å². The number of hydrogen-bond donors (Lipinski definition) is 3. The number of amides is 3. The highest BCUT2D eigenvalue weighted by atomic mass is 32.2. The fourth-order valence-electron chi connectivity index (χ4n) is 4.03. The number of carbonyl (C=O) groups is 3. The van der Waals surface area contributed by atoms with E-state index in [-0.39, 0.29) is 16.9 Å². The van der Waals surface area contributed by atoms with Crippen molar-refractivity contribution in [2.45, 2.75) is 30.9 Å². The summed E-state index contributed by atoms with van der Waals surface area (Å²) in [6.45, 7) is 5.83. The molecule has 4 rings (SSSR count). The second-order valence-electron chi connectivity index (χ2n) is 9.63. The number of anilines is 2. The summed E-state index contributed by atoms with van der Waals surface area (Å²) in [5.41, 5.74) is 4.68. The zero-order valence-corrected chi connectivity index (χ0v) is 24.8. The van der Waals surface area contributed by atoms with E-state index in [0.717, 1.165) is 21.7 Å². The zero-order valence-electron chi connectivity index (χ0n) is 23.9. The Balaban J connectivity index is 1.49. The summed E-state index contributed by atoms with van der Waals surface area (Å²) < 4.78 is 5.22. The Morgan fingerprint density at radius 1 is 0.833 bits per heavy atom. The van der Waals surface area contributed by atoms with Crippen molar-refractivity contribution in [2.75, 3.05) is 17.7 Å². The molecule has 1 unspecified atom stereocenters. The third-order valence-corrected chi connectivity index (χ3v) is 7.69. The molecule has 8 heteroatoms. The van der Waals surface area contributed by atoms with Gasteiger partial charge in [0.25, 0.3) is 11.8 Å². The van der Waals surface area contributed by atoms with Gasteiger partial charge in [-0.3, -0.25) is 14.4 Å². The maximum Gasteiger partial charge on any atom is 0.272 e. The Hall–Kier alpha value is -4.82. The maximum absolute atomic E-state index is 13.4. The van der Waals surface area contributed by atoms with Crippen LogP contribution in [0, 0.1) is 13.8 Å². The van der Waals surface area contributed by atoms with Gasteiger partial charge < -0.3 is 20.7 Å². The molecule has 0 bridgehead atoms. The van der Waals surface area contributed by atoms with E-state index < -0.39 is 11.8 Å². The third kappa shape index (κ3) is 8.11. The van der Waals surface area contributed by atoms with Crippen LogP contribution in [-0.2, 0) is 9.59 Å². The molecule has 7 nitrogen and oxygen atoms in total. The average molecular weight is 580 g/mol. The van der Waals surface area contributed by atoms with Crippen LogP contribution in [0.25, 0.3) is 6.08 Å². The van der Waals surface area contributed by atoms with Crippen LogP contribution in [0.15, 0.2) is 108 Å². The fourth-order valence-corrected chi connectivity index (χ4v) is 4.96. The van der Waals surface area contributed by atoms with E-state index in [2.05, 4.69) is 16.0 Å². The highest BCUT2D eigenvalue weighted by molar-refractivity contribution is 8.00. The summed E-state index contributed by atoms with van der Waals surface area (Å²) in [7, 11) is 1.58. The molecule has 0 radical (unpaired) electrons. The van der Waals surface area contributed by atoms with Gasteiger partial charge >= 0.3 is 0 Å². The highest BCUT2D eigenvalue weighted by Gasteiger charge is 2.18. The van der Waals surface area contributed by atoms with Gasteiger partial charge in [-0.05, 0) is 92.1 Å². The number of hydrogen-bond acceptors (Lipinski definition) is 5. The third-order valence-electron chi connectivity index (χ3n) is 6.59. The Bertz CT molecular complexity index is 1600. The van der Waals surface area contributed by atoms with Crippen LogP contribution in [0.5, 0.6) is 5.75 Å². The van der Waals surface area contributed by atoms with Crippen molar-refractivity contribution in [2.24, 2.45) is 0 Å². The van der Waals surface area contributed by atoms with Crippen molar-refractivity contribution in [1.82, 2.24) is 5.32 Å². The molecule has 4 aromatic carbocycles. The molecular weight excluding hydrogens is 546 g/mol. The van der Waals surface area contributed by atoms with Crippen LogP contribution in [0.2, 0.25) is 0 Å². The van der Waals surface area contributed by atoms with Crippen LogP contribution in [0.1, 0.15) is 34.0 Å². The molecule has 0 aliphatic rings. The Morgan fingerprint density at radius 2 is 1.55 bits per heavy atom. The van der Waals surface area contributed by atoms with Crippen molar-refractivity contribution in [3.63, 3.8) is 0 Å². The number of benzene rings is 4. The van der Waals surface area contributed by atoms with Crippen LogP contribution in [0.4, 0.5) is 11.4 Å². The lowest BCUT2D eigenvalue weighted by Gasteiger charge is -2.15. The molecule has 3 N–H and O–H groups in total. The van der Waals surface area contributed by atoms with Gasteiger partial charge in [0.15, 0.2) is 0 Å². The number of rotatable bonds is 10. The lowest BCUT2D eigenvalue weighted by molar-refractivity contribution is -0.115. The SMILES string of the molecule is COc1ccc(/C=C(/NC(=O)c2ccccc2)C(=O)Nc2cccc(SC(C)C(=O)Nc3cccc(C)c3C)c2)cc1. The van der Waals surface area contributed by atoms with Crippen LogP contribution in [-0.4, -0.2) is 30.1 Å². The van der Waals surface area contributed by atoms with Crippen LogP contribution in [0.3, 0.4) is 0 Å². The minimum Gasteiger partial charge on any atom is -0.497 e. The molecule has 0 fully saturated rings. The topological polar surface area (TPSA) is 96.5 Å². The minimum atomic E-state index is -0.488. The number of carbonyl (C=O) groups excluding carboxylic acids is 3. The molecule has 42 heavy (non-hydrogen) atoms. The highest BCUT2D eigenvalue weighted by Crippen LogP contribution is 2.28. The van der Waals surface area contributed by atoms with Crippen LogP contribution < -0.4 is 20.7 Å². The van der Waals surface area contributed by atoms with Gasteiger partial charge in [-0.15, -0.1) is 11.8 Å². The molecule has 0 spiro atoms. The fraction of sp³-hybridized carbons (Fsp3) is 0.147. The van der Waals surface area contributed by atoms with Gasteiger partial charge in [0.05, 0.1) is 12.4 Å². The first-order valence-corrected chi connectivity index (χ1v) is 14.3. The molecule has 1 atom stereocenters. The summed E-state index contributed by atoms with van der Waals surface area (Å²) >= 11 is 1.39. The molecule has 0 saturated carbocycles. The van der Waals surface area contributed by atoms with Gasteiger partial charge in [-0.1, -0.05) is 48.5 Å². The molecule has 214 valence electrons. The van der Waals surface area contributed by atoms with Crippen molar-refractivity contribution < 1.29 is 19.1 Å². The number of nitrogens with one attached hydrogen (secondary N) is 3. The predicted octanol–water partition coefficient (Wildman–Crippen LogP) is 6.84.